The van der Waals surface area contributed by atoms with Gasteiger partial charge in [-0.2, -0.15) is 0 Å². The van der Waals surface area contributed by atoms with Crippen LogP contribution in [0, 0.1) is 10.8 Å². The zero-order valence-electron chi connectivity index (χ0n) is 13.9. The van der Waals surface area contributed by atoms with E-state index in [2.05, 4.69) is 0 Å². The van der Waals surface area contributed by atoms with Gasteiger partial charge in [-0.15, -0.1) is 0 Å². The molecule has 0 fully saturated rings. The van der Waals surface area contributed by atoms with Gasteiger partial charge in [-0.25, -0.2) is 0 Å². The summed E-state index contributed by atoms with van der Waals surface area (Å²) in [5.41, 5.74) is -1.11. The maximum atomic E-state index is 9.60. The molecule has 0 amide bonds. The van der Waals surface area contributed by atoms with Crippen molar-refractivity contribution in [2.75, 3.05) is 0 Å². The van der Waals surface area contributed by atoms with Crippen molar-refractivity contribution in [3.05, 3.63) is 11.8 Å². The Bertz CT molecular complexity index is 293. The van der Waals surface area contributed by atoms with Crippen LogP contribution in [0.25, 0.3) is 0 Å². The Hall–Kier alpha value is -0.0897. The van der Waals surface area contributed by atoms with Crippen molar-refractivity contribution in [3.8, 4) is 0 Å². The van der Waals surface area contributed by atoms with Crippen LogP contribution in [-0.4, -0.2) is 26.4 Å². The third kappa shape index (κ3) is 17.9. The number of carbonyl (C=O) groups excluding carboxylic acids is 1. The van der Waals surface area contributed by atoms with Crippen LogP contribution in [0.2, 0.25) is 0 Å². The van der Waals surface area contributed by atoms with Gasteiger partial charge in [0.1, 0.15) is 5.76 Å². The van der Waals surface area contributed by atoms with E-state index >= 15 is 0 Å². The van der Waals surface area contributed by atoms with Crippen LogP contribution in [0.15, 0.2) is 11.8 Å². The Morgan fingerprint density at radius 1 is 0.842 bits per heavy atom. The second-order valence-corrected chi connectivity index (χ2v) is 7.59. The molecule has 0 aliphatic heterocycles. The molecule has 1 radical (unpaired) electrons. The fourth-order valence-corrected chi connectivity index (χ4v) is 0.563. The molecular formula is C15H31O3Ta+. The molecule has 0 bridgehead atoms. The van der Waals surface area contributed by atoms with E-state index in [0.29, 0.717) is 0 Å². The molecule has 4 heteroatoms. The minimum atomic E-state index is -0.500. The molecule has 0 aliphatic carbocycles. The monoisotopic (exact) mass is 440 g/mol. The minimum absolute atomic E-state index is 0. The molecule has 3 N–H and O–H groups in total. The maximum absolute atomic E-state index is 9.60. The van der Waals surface area contributed by atoms with Crippen LogP contribution in [-0.2, 0) is 22.4 Å². The fourth-order valence-electron chi connectivity index (χ4n) is 0.563. The zero-order valence-corrected chi connectivity index (χ0v) is 17.1. The largest absolute Gasteiger partial charge is 0.511 e. The van der Waals surface area contributed by atoms with Crippen molar-refractivity contribution in [2.24, 2.45) is 10.8 Å². The van der Waals surface area contributed by atoms with Crippen LogP contribution >= 0.6 is 0 Å². The first-order valence-electron chi connectivity index (χ1n) is 6.25. The molecule has 0 heterocycles. The van der Waals surface area contributed by atoms with Crippen molar-refractivity contribution in [2.45, 2.75) is 67.9 Å². The first-order chi connectivity index (χ1) is 7.55. The van der Waals surface area contributed by atoms with E-state index < -0.39 is 5.60 Å². The summed E-state index contributed by atoms with van der Waals surface area (Å²) in [4.78, 5) is 9.60. The van der Waals surface area contributed by atoms with E-state index in [9.17, 15) is 9.90 Å². The summed E-state index contributed by atoms with van der Waals surface area (Å²) in [6.45, 7) is 16.6. The predicted molar refractivity (Wildman–Crippen MR) is 78.5 cm³/mol. The van der Waals surface area contributed by atoms with Gasteiger partial charge >= 0.3 is 5.78 Å². The van der Waals surface area contributed by atoms with Crippen molar-refractivity contribution in [1.29, 1.82) is 0 Å². The Morgan fingerprint density at radius 3 is 1.26 bits per heavy atom. The fraction of sp³-hybridized carbons (Fsp3) is 0.800. The van der Waals surface area contributed by atoms with Gasteiger partial charge in [0.15, 0.2) is 0 Å². The Balaban J connectivity index is -0.000000366. The molecule has 0 aromatic rings. The molecule has 19 heavy (non-hydrogen) atoms. The molecule has 0 spiro atoms. The van der Waals surface area contributed by atoms with Crippen molar-refractivity contribution >= 4 is 5.78 Å². The molecule has 0 saturated heterocycles. The molecular weight excluding hydrogens is 409 g/mol. The summed E-state index contributed by atoms with van der Waals surface area (Å²) in [7, 11) is 0. The van der Waals surface area contributed by atoms with E-state index in [1.54, 1.807) is 20.8 Å². The van der Waals surface area contributed by atoms with Gasteiger partial charge in [0.2, 0.25) is 0 Å². The number of hydrogen-bond acceptors (Lipinski definition) is 2. The van der Waals surface area contributed by atoms with Gasteiger partial charge in [0, 0.05) is 27.8 Å². The first-order valence-corrected chi connectivity index (χ1v) is 6.25. The normalized spacial score (nSPS) is 13.1. The van der Waals surface area contributed by atoms with Crippen LogP contribution in [0.4, 0.5) is 0 Å². The van der Waals surface area contributed by atoms with Crippen LogP contribution in [0.5, 0.6) is 0 Å². The van der Waals surface area contributed by atoms with Gasteiger partial charge in [-0.05, 0) is 41.5 Å². The van der Waals surface area contributed by atoms with Gasteiger partial charge in [-0.1, -0.05) is 20.8 Å². The van der Waals surface area contributed by atoms with E-state index in [-0.39, 0.29) is 44.8 Å². The number of ketones is 1. The predicted octanol–water partition coefficient (Wildman–Crippen LogP) is 3.84. The molecule has 0 saturated carbocycles. The number of aliphatic hydroxyl groups excluding tert-OH is 1. The zero-order chi connectivity index (χ0) is 15.4. The van der Waals surface area contributed by atoms with Gasteiger partial charge in [0.05, 0.1) is 17.1 Å². The summed E-state index contributed by atoms with van der Waals surface area (Å²) in [6, 6.07) is 0. The van der Waals surface area contributed by atoms with E-state index in [0.717, 1.165) is 0 Å². The number of allylic oxidation sites excluding steroid dienone is 2. The number of rotatable bonds is 1. The number of aliphatic hydroxyl groups is 2. The van der Waals surface area contributed by atoms with Crippen molar-refractivity contribution in [1.82, 2.24) is 0 Å². The third-order valence-electron chi connectivity index (χ3n) is 1.81. The van der Waals surface area contributed by atoms with E-state index in [4.69, 9.17) is 5.11 Å². The van der Waals surface area contributed by atoms with Gasteiger partial charge < -0.3 is 10.2 Å². The van der Waals surface area contributed by atoms with E-state index in [1.807, 2.05) is 41.5 Å². The summed E-state index contributed by atoms with van der Waals surface area (Å²) in [5, 5.41) is 18.1. The second-order valence-electron chi connectivity index (χ2n) is 7.59. The SMILES string of the molecule is CC(C)(C)C(=[OH+])/C=C(\O)C(C)(C)C.CC(C)(C)O.[Ta]. The van der Waals surface area contributed by atoms with Gasteiger partial charge in [0.25, 0.3) is 0 Å². The molecule has 0 atom stereocenters. The van der Waals surface area contributed by atoms with E-state index in [1.165, 1.54) is 6.08 Å². The molecule has 0 unspecified atom stereocenters. The Labute approximate surface area is 134 Å². The molecule has 0 rings (SSSR count). The molecule has 0 aliphatic rings. The standard InChI is InChI=1S/C11H20O2.C4H10O.Ta/c1-10(2,3)8(12)7-9(13)11(4,5)6;1-4(2,3)5;/h7,12H,1-6H3;5H,1-3H3;/p+1/b8-7-;;. The first kappa shape index (κ1) is 24.0. The Morgan fingerprint density at radius 2 is 1.11 bits per heavy atom. The average molecular weight is 440 g/mol. The van der Waals surface area contributed by atoms with Crippen LogP contribution < -0.4 is 0 Å². The molecule has 0 aromatic carbocycles. The second kappa shape index (κ2) is 8.25. The maximum Gasteiger partial charge on any atom is 0.325 e. The quantitative estimate of drug-likeness (QED) is 0.370. The van der Waals surface area contributed by atoms with Crippen molar-refractivity contribution < 1.29 is 37.4 Å². The minimum Gasteiger partial charge on any atom is -0.511 e. The summed E-state index contributed by atoms with van der Waals surface area (Å²) in [5.74, 6) is 0.417. The smallest absolute Gasteiger partial charge is 0.325 e. The third-order valence-corrected chi connectivity index (χ3v) is 1.81. The molecule has 113 valence electrons. The topological polar surface area (TPSA) is 61.9 Å². The summed E-state index contributed by atoms with van der Waals surface area (Å²) < 4.78 is 0. The molecule has 0 aromatic heterocycles. The summed E-state index contributed by atoms with van der Waals surface area (Å²) >= 11 is 0. The van der Waals surface area contributed by atoms with Crippen molar-refractivity contribution in [3.63, 3.8) is 0 Å². The molecule has 3 nitrogen and oxygen atoms in total. The number of hydrogen-bond donors (Lipinski definition) is 2. The Kier molecular flexibility index (Phi) is 10.4. The average Bonchev–Trinajstić information content (AvgIpc) is 1.96. The van der Waals surface area contributed by atoms with Crippen LogP contribution in [0.1, 0.15) is 62.3 Å². The van der Waals surface area contributed by atoms with Crippen LogP contribution in [0.3, 0.4) is 0 Å². The van der Waals surface area contributed by atoms with Gasteiger partial charge in [-0.3, -0.25) is 4.79 Å². The summed E-state index contributed by atoms with van der Waals surface area (Å²) in [6.07, 6.45) is 1.44.